The predicted octanol–water partition coefficient (Wildman–Crippen LogP) is 10.5. The Labute approximate surface area is 225 Å². The van der Waals surface area contributed by atoms with E-state index in [1.54, 1.807) is 0 Å². The van der Waals surface area contributed by atoms with Gasteiger partial charge in [-0.15, -0.1) is 0 Å². The van der Waals surface area contributed by atoms with Crippen molar-refractivity contribution in [3.05, 3.63) is 140 Å². The molecule has 1 heteroatoms. The van der Waals surface area contributed by atoms with Gasteiger partial charge in [0.05, 0.1) is 11.0 Å². The Morgan fingerprint density at radius 1 is 0.359 bits per heavy atom. The third-order valence-electron chi connectivity index (χ3n) is 8.52. The largest absolute Gasteiger partial charge is 0.309 e. The first-order valence-corrected chi connectivity index (χ1v) is 13.5. The van der Waals surface area contributed by atoms with Crippen molar-refractivity contribution in [3.8, 4) is 16.8 Å². The van der Waals surface area contributed by atoms with Crippen LogP contribution in [0.15, 0.2) is 140 Å². The Morgan fingerprint density at radius 3 is 1.77 bits per heavy atom. The van der Waals surface area contributed by atoms with Crippen LogP contribution in [0, 0.1) is 0 Å². The van der Waals surface area contributed by atoms with E-state index in [2.05, 4.69) is 144 Å². The Hall–Kier alpha value is -5.14. The standard InChI is InChI=1S/C38H23N/c1-2-11-26(12-3-1)39-35-18-5-4-13-28(35)29-20-19-25(23-36(29)39)27-21-22-34-32-15-7-10-24-9-6-14-31(37(24)32)33-17-8-16-30(27)38(33)34/h1-23H. The summed E-state index contributed by atoms with van der Waals surface area (Å²) in [5.74, 6) is 0. The second-order valence-corrected chi connectivity index (χ2v) is 10.5. The number of nitrogens with zero attached hydrogens (tertiary/aromatic N) is 1. The van der Waals surface area contributed by atoms with Crippen LogP contribution in [0.25, 0.3) is 81.7 Å². The molecule has 0 N–H and O–H groups in total. The van der Waals surface area contributed by atoms with Crippen molar-refractivity contribution < 1.29 is 0 Å². The normalized spacial score (nSPS) is 12.1. The average molecular weight is 494 g/mol. The van der Waals surface area contributed by atoms with Crippen LogP contribution in [0.4, 0.5) is 0 Å². The molecule has 0 spiro atoms. The number of hydrogen-bond donors (Lipinski definition) is 0. The van der Waals surface area contributed by atoms with Gasteiger partial charge < -0.3 is 4.57 Å². The van der Waals surface area contributed by atoms with Gasteiger partial charge in [0.1, 0.15) is 0 Å². The maximum absolute atomic E-state index is 2.40. The lowest BCUT2D eigenvalue weighted by Crippen LogP contribution is -1.93. The van der Waals surface area contributed by atoms with Gasteiger partial charge in [-0.25, -0.2) is 0 Å². The Balaban J connectivity index is 1.39. The number of aromatic nitrogens is 1. The fourth-order valence-electron chi connectivity index (χ4n) is 6.89. The highest BCUT2D eigenvalue weighted by Crippen LogP contribution is 2.43. The Kier molecular flexibility index (Phi) is 4.11. The summed E-state index contributed by atoms with van der Waals surface area (Å²) in [6.07, 6.45) is 0. The van der Waals surface area contributed by atoms with E-state index in [1.807, 2.05) is 0 Å². The molecule has 39 heavy (non-hydrogen) atoms. The zero-order valence-electron chi connectivity index (χ0n) is 21.2. The highest BCUT2D eigenvalue weighted by molar-refractivity contribution is 6.34. The maximum atomic E-state index is 2.40. The van der Waals surface area contributed by atoms with Crippen LogP contribution in [-0.2, 0) is 0 Å². The van der Waals surface area contributed by atoms with Gasteiger partial charge in [-0.05, 0) is 78.5 Å². The van der Waals surface area contributed by atoms with Gasteiger partial charge >= 0.3 is 0 Å². The van der Waals surface area contributed by atoms with Crippen molar-refractivity contribution in [3.63, 3.8) is 0 Å². The highest BCUT2D eigenvalue weighted by atomic mass is 15.0. The van der Waals surface area contributed by atoms with Gasteiger partial charge in [0.2, 0.25) is 0 Å². The second kappa shape index (κ2) is 7.69. The summed E-state index contributed by atoms with van der Waals surface area (Å²) >= 11 is 0. The van der Waals surface area contributed by atoms with Crippen LogP contribution >= 0.6 is 0 Å². The van der Waals surface area contributed by atoms with E-state index in [0.717, 1.165) is 0 Å². The first-order chi connectivity index (χ1) is 19.4. The first-order valence-electron chi connectivity index (χ1n) is 13.5. The van der Waals surface area contributed by atoms with Crippen molar-refractivity contribution in [2.45, 2.75) is 0 Å². The molecular formula is C38H23N. The van der Waals surface area contributed by atoms with Crippen molar-refractivity contribution >= 4 is 64.9 Å². The number of benzene rings is 8. The summed E-state index contributed by atoms with van der Waals surface area (Å²) in [5.41, 5.74) is 6.16. The molecule has 0 amide bonds. The van der Waals surface area contributed by atoms with E-state index in [9.17, 15) is 0 Å². The molecule has 1 heterocycles. The minimum Gasteiger partial charge on any atom is -0.309 e. The van der Waals surface area contributed by atoms with Crippen LogP contribution in [0.2, 0.25) is 0 Å². The summed E-state index contributed by atoms with van der Waals surface area (Å²) in [5, 5.41) is 13.2. The molecule has 0 saturated heterocycles. The average Bonchev–Trinajstić information content (AvgIpc) is 3.33. The maximum Gasteiger partial charge on any atom is 0.0547 e. The molecule has 0 unspecified atom stereocenters. The minimum absolute atomic E-state index is 1.18. The van der Waals surface area contributed by atoms with E-state index >= 15 is 0 Å². The van der Waals surface area contributed by atoms with Crippen molar-refractivity contribution in [2.75, 3.05) is 0 Å². The molecule has 9 aromatic rings. The molecule has 0 bridgehead atoms. The SMILES string of the molecule is c1ccc(-n2c3ccccc3c3ccc(-c4ccc5c6cccc7cccc(c8cccc4c85)c76)cc32)cc1. The van der Waals surface area contributed by atoms with Crippen LogP contribution in [0.3, 0.4) is 0 Å². The lowest BCUT2D eigenvalue weighted by molar-refractivity contribution is 1.18. The van der Waals surface area contributed by atoms with Crippen molar-refractivity contribution in [1.82, 2.24) is 4.57 Å². The van der Waals surface area contributed by atoms with E-state index in [1.165, 1.54) is 81.7 Å². The van der Waals surface area contributed by atoms with Crippen LogP contribution < -0.4 is 0 Å². The van der Waals surface area contributed by atoms with Gasteiger partial charge in [0.25, 0.3) is 0 Å². The van der Waals surface area contributed by atoms with Gasteiger partial charge in [-0.1, -0.05) is 115 Å². The van der Waals surface area contributed by atoms with E-state index in [4.69, 9.17) is 0 Å². The highest BCUT2D eigenvalue weighted by Gasteiger charge is 2.17. The zero-order valence-corrected chi connectivity index (χ0v) is 21.2. The molecule has 1 nitrogen and oxygen atoms in total. The Morgan fingerprint density at radius 2 is 0.949 bits per heavy atom. The number of fused-ring (bicyclic) bond motifs is 5. The van der Waals surface area contributed by atoms with Crippen LogP contribution in [0.5, 0.6) is 0 Å². The molecule has 0 saturated carbocycles. The van der Waals surface area contributed by atoms with Crippen LogP contribution in [-0.4, -0.2) is 4.57 Å². The molecular weight excluding hydrogens is 470 g/mol. The fraction of sp³-hybridized carbons (Fsp3) is 0. The third-order valence-corrected chi connectivity index (χ3v) is 8.52. The molecule has 0 atom stereocenters. The van der Waals surface area contributed by atoms with Crippen molar-refractivity contribution in [1.29, 1.82) is 0 Å². The molecule has 180 valence electrons. The number of para-hydroxylation sites is 2. The van der Waals surface area contributed by atoms with Gasteiger partial charge in [-0.2, -0.15) is 0 Å². The number of hydrogen-bond acceptors (Lipinski definition) is 0. The predicted molar refractivity (Wildman–Crippen MR) is 167 cm³/mol. The summed E-state index contributed by atoms with van der Waals surface area (Å²) in [6, 6.07) is 51.2. The van der Waals surface area contributed by atoms with Gasteiger partial charge in [0, 0.05) is 16.5 Å². The summed E-state index contributed by atoms with van der Waals surface area (Å²) in [6.45, 7) is 0. The molecule has 0 aliphatic carbocycles. The minimum atomic E-state index is 1.18. The summed E-state index contributed by atoms with van der Waals surface area (Å²) < 4.78 is 2.40. The van der Waals surface area contributed by atoms with Gasteiger partial charge in [-0.3, -0.25) is 0 Å². The third kappa shape index (κ3) is 2.79. The molecule has 0 aliphatic rings. The van der Waals surface area contributed by atoms with E-state index < -0.39 is 0 Å². The number of rotatable bonds is 2. The molecule has 0 radical (unpaired) electrons. The monoisotopic (exact) mass is 493 g/mol. The lowest BCUT2D eigenvalue weighted by Gasteiger charge is -2.16. The quantitative estimate of drug-likeness (QED) is 0.167. The summed E-state index contributed by atoms with van der Waals surface area (Å²) in [7, 11) is 0. The molecule has 1 aromatic heterocycles. The Bertz CT molecular complexity index is 2320. The fourth-order valence-corrected chi connectivity index (χ4v) is 6.89. The first kappa shape index (κ1) is 20.9. The van der Waals surface area contributed by atoms with E-state index in [-0.39, 0.29) is 0 Å². The van der Waals surface area contributed by atoms with Crippen molar-refractivity contribution in [2.24, 2.45) is 0 Å². The lowest BCUT2D eigenvalue weighted by atomic mass is 9.87. The van der Waals surface area contributed by atoms with Gasteiger partial charge in [0.15, 0.2) is 0 Å². The zero-order chi connectivity index (χ0) is 25.5. The molecule has 0 aliphatic heterocycles. The topological polar surface area (TPSA) is 4.93 Å². The molecule has 8 aromatic carbocycles. The second-order valence-electron chi connectivity index (χ2n) is 10.5. The molecule has 9 rings (SSSR count). The smallest absolute Gasteiger partial charge is 0.0547 e. The summed E-state index contributed by atoms with van der Waals surface area (Å²) in [4.78, 5) is 0. The molecule has 0 fully saturated rings. The van der Waals surface area contributed by atoms with Crippen LogP contribution in [0.1, 0.15) is 0 Å². The van der Waals surface area contributed by atoms with E-state index in [0.29, 0.717) is 0 Å².